The molecule has 1 amide bonds. The van der Waals surface area contributed by atoms with Gasteiger partial charge >= 0.3 is 6.09 Å². The lowest BCUT2D eigenvalue weighted by atomic mass is 10.0. The fourth-order valence-electron chi connectivity index (χ4n) is 1.58. The van der Waals surface area contributed by atoms with Crippen molar-refractivity contribution in [2.45, 2.75) is 38.7 Å². The summed E-state index contributed by atoms with van der Waals surface area (Å²) in [5.74, 6) is -3.28. The maximum Gasteiger partial charge on any atom is 0.412 e. The van der Waals surface area contributed by atoms with Gasteiger partial charge in [-0.2, -0.15) is 0 Å². The number of anilines is 1. The number of ether oxygens (including phenoxy) is 1. The normalized spacial score (nSPS) is 12.1. The summed E-state index contributed by atoms with van der Waals surface area (Å²) in [7, 11) is 0. The van der Waals surface area contributed by atoms with E-state index >= 15 is 0 Å². The van der Waals surface area contributed by atoms with Gasteiger partial charge in [0.05, 0.1) is 0 Å². The van der Waals surface area contributed by atoms with Crippen LogP contribution in [-0.4, -0.2) is 23.4 Å². The highest BCUT2D eigenvalue weighted by Crippen LogP contribution is 2.37. The SMILES string of the molecule is CC(C)(C)OC(=O)Nc1ccc(Cl)c(C(F)(F)CCO)c1. The average molecular weight is 322 g/mol. The minimum absolute atomic E-state index is 0.136. The molecule has 118 valence electrons. The van der Waals surface area contributed by atoms with E-state index in [0.29, 0.717) is 0 Å². The van der Waals surface area contributed by atoms with Crippen molar-refractivity contribution in [1.29, 1.82) is 0 Å². The molecule has 0 radical (unpaired) electrons. The minimum atomic E-state index is -3.28. The number of amides is 1. The number of halogens is 3. The third-order valence-electron chi connectivity index (χ3n) is 2.43. The van der Waals surface area contributed by atoms with Crippen LogP contribution < -0.4 is 5.32 Å². The van der Waals surface area contributed by atoms with Gasteiger partial charge in [-0.25, -0.2) is 13.6 Å². The molecule has 0 spiro atoms. The first-order valence-electron chi connectivity index (χ1n) is 6.34. The van der Waals surface area contributed by atoms with Gasteiger partial charge < -0.3 is 9.84 Å². The van der Waals surface area contributed by atoms with E-state index in [1.165, 1.54) is 12.1 Å². The van der Waals surface area contributed by atoms with Gasteiger partial charge in [-0.15, -0.1) is 0 Å². The van der Waals surface area contributed by atoms with E-state index in [1.54, 1.807) is 20.8 Å². The predicted molar refractivity (Wildman–Crippen MR) is 76.9 cm³/mol. The Balaban J connectivity index is 2.94. The molecule has 0 aliphatic rings. The number of rotatable bonds is 4. The summed E-state index contributed by atoms with van der Waals surface area (Å²) in [6, 6.07) is 3.72. The molecule has 0 saturated carbocycles. The van der Waals surface area contributed by atoms with Crippen molar-refractivity contribution in [2.75, 3.05) is 11.9 Å². The topological polar surface area (TPSA) is 58.6 Å². The van der Waals surface area contributed by atoms with Crippen molar-refractivity contribution in [2.24, 2.45) is 0 Å². The fraction of sp³-hybridized carbons (Fsp3) is 0.500. The lowest BCUT2D eigenvalue weighted by Gasteiger charge is -2.21. The Kier molecular flexibility index (Phi) is 5.53. The largest absolute Gasteiger partial charge is 0.444 e. The molecule has 1 aromatic rings. The molecule has 0 heterocycles. The van der Waals surface area contributed by atoms with Gasteiger partial charge in [-0.05, 0) is 39.0 Å². The van der Waals surface area contributed by atoms with Crippen LogP contribution in [0, 0.1) is 0 Å². The van der Waals surface area contributed by atoms with Crippen LogP contribution in [0.25, 0.3) is 0 Å². The molecule has 1 rings (SSSR count). The first-order valence-corrected chi connectivity index (χ1v) is 6.72. The molecule has 21 heavy (non-hydrogen) atoms. The standard InChI is InChI=1S/C14H18ClF2NO3/c1-13(2,3)21-12(20)18-9-4-5-11(15)10(8-9)14(16,17)6-7-19/h4-5,8,19H,6-7H2,1-3H3,(H,18,20). The van der Waals surface area contributed by atoms with E-state index in [-0.39, 0.29) is 10.7 Å². The van der Waals surface area contributed by atoms with Crippen molar-refractivity contribution in [3.05, 3.63) is 28.8 Å². The van der Waals surface area contributed by atoms with Crippen molar-refractivity contribution < 1.29 is 23.4 Å². The van der Waals surface area contributed by atoms with Gasteiger partial charge in [-0.1, -0.05) is 11.6 Å². The van der Waals surface area contributed by atoms with Gasteiger partial charge in [0.15, 0.2) is 0 Å². The van der Waals surface area contributed by atoms with Crippen LogP contribution >= 0.6 is 11.6 Å². The molecule has 0 bridgehead atoms. The number of benzene rings is 1. The molecule has 0 unspecified atom stereocenters. The summed E-state index contributed by atoms with van der Waals surface area (Å²) in [6.07, 6.45) is -1.50. The molecule has 2 N–H and O–H groups in total. The number of carbonyl (C=O) groups excluding carboxylic acids is 1. The third-order valence-corrected chi connectivity index (χ3v) is 2.76. The van der Waals surface area contributed by atoms with E-state index in [9.17, 15) is 13.6 Å². The third kappa shape index (κ3) is 5.47. The van der Waals surface area contributed by atoms with E-state index < -0.39 is 36.2 Å². The summed E-state index contributed by atoms with van der Waals surface area (Å²) in [4.78, 5) is 11.6. The number of hydrogen-bond acceptors (Lipinski definition) is 3. The smallest absolute Gasteiger partial charge is 0.412 e. The van der Waals surface area contributed by atoms with Crippen molar-refractivity contribution >= 4 is 23.4 Å². The summed E-state index contributed by atoms with van der Waals surface area (Å²) in [6.45, 7) is 4.40. The van der Waals surface area contributed by atoms with Crippen LogP contribution in [-0.2, 0) is 10.7 Å². The van der Waals surface area contributed by atoms with Gasteiger partial charge in [0.25, 0.3) is 5.92 Å². The molecule has 0 aliphatic heterocycles. The summed E-state index contributed by atoms with van der Waals surface area (Å²) in [5, 5.41) is 10.9. The highest BCUT2D eigenvalue weighted by atomic mass is 35.5. The van der Waals surface area contributed by atoms with Crippen LogP contribution in [0.15, 0.2) is 18.2 Å². The molecule has 7 heteroatoms. The predicted octanol–water partition coefficient (Wildman–Crippen LogP) is 4.16. The number of alkyl halides is 2. The minimum Gasteiger partial charge on any atom is -0.444 e. The Hall–Kier alpha value is -1.40. The number of carbonyl (C=O) groups is 1. The van der Waals surface area contributed by atoms with Crippen LogP contribution in [0.4, 0.5) is 19.3 Å². The monoisotopic (exact) mass is 321 g/mol. The van der Waals surface area contributed by atoms with E-state index in [0.717, 1.165) is 6.07 Å². The Morgan fingerprint density at radius 1 is 1.38 bits per heavy atom. The molecular formula is C14H18ClF2NO3. The summed E-state index contributed by atoms with van der Waals surface area (Å²) >= 11 is 5.75. The number of aliphatic hydroxyl groups is 1. The van der Waals surface area contributed by atoms with E-state index in [2.05, 4.69) is 5.32 Å². The van der Waals surface area contributed by atoms with Crippen molar-refractivity contribution in [3.8, 4) is 0 Å². The zero-order valence-electron chi connectivity index (χ0n) is 12.0. The quantitative estimate of drug-likeness (QED) is 0.875. The molecule has 0 fully saturated rings. The second kappa shape index (κ2) is 6.58. The maximum absolute atomic E-state index is 13.8. The second-order valence-electron chi connectivity index (χ2n) is 5.50. The Morgan fingerprint density at radius 2 is 2.00 bits per heavy atom. The highest BCUT2D eigenvalue weighted by Gasteiger charge is 2.33. The van der Waals surface area contributed by atoms with E-state index in [4.69, 9.17) is 21.4 Å². The van der Waals surface area contributed by atoms with Crippen LogP contribution in [0.1, 0.15) is 32.8 Å². The highest BCUT2D eigenvalue weighted by molar-refractivity contribution is 6.31. The Labute approximate surface area is 127 Å². The van der Waals surface area contributed by atoms with Crippen LogP contribution in [0.2, 0.25) is 5.02 Å². The van der Waals surface area contributed by atoms with Crippen LogP contribution in [0.5, 0.6) is 0 Å². The first kappa shape index (κ1) is 17.7. The molecular weight excluding hydrogens is 304 g/mol. The molecule has 0 aromatic heterocycles. The van der Waals surface area contributed by atoms with Crippen molar-refractivity contribution in [3.63, 3.8) is 0 Å². The molecule has 0 atom stereocenters. The summed E-state index contributed by atoms with van der Waals surface area (Å²) < 4.78 is 32.7. The van der Waals surface area contributed by atoms with Gasteiger partial charge in [0.2, 0.25) is 0 Å². The summed E-state index contributed by atoms with van der Waals surface area (Å²) in [5.41, 5.74) is -1.01. The molecule has 0 saturated heterocycles. The zero-order chi connectivity index (χ0) is 16.3. The van der Waals surface area contributed by atoms with Gasteiger partial charge in [-0.3, -0.25) is 5.32 Å². The number of nitrogens with one attached hydrogen (secondary N) is 1. The van der Waals surface area contributed by atoms with Gasteiger partial charge in [0, 0.05) is 29.3 Å². The maximum atomic E-state index is 13.8. The average Bonchev–Trinajstić information content (AvgIpc) is 2.28. The molecule has 1 aromatic carbocycles. The number of hydrogen-bond donors (Lipinski definition) is 2. The lowest BCUT2D eigenvalue weighted by Crippen LogP contribution is -2.27. The first-order chi connectivity index (χ1) is 9.55. The second-order valence-corrected chi connectivity index (χ2v) is 5.91. The molecule has 4 nitrogen and oxygen atoms in total. The zero-order valence-corrected chi connectivity index (χ0v) is 12.8. The van der Waals surface area contributed by atoms with Crippen LogP contribution in [0.3, 0.4) is 0 Å². The van der Waals surface area contributed by atoms with E-state index in [1.807, 2.05) is 0 Å². The number of aliphatic hydroxyl groups excluding tert-OH is 1. The Bertz CT molecular complexity index is 515. The van der Waals surface area contributed by atoms with Gasteiger partial charge in [0.1, 0.15) is 5.60 Å². The fourth-order valence-corrected chi connectivity index (χ4v) is 1.84. The molecule has 0 aliphatic carbocycles. The lowest BCUT2D eigenvalue weighted by molar-refractivity contribution is -0.0268. The Morgan fingerprint density at radius 3 is 2.52 bits per heavy atom. The van der Waals surface area contributed by atoms with Crippen molar-refractivity contribution in [1.82, 2.24) is 0 Å².